The van der Waals surface area contributed by atoms with Crippen molar-refractivity contribution in [1.82, 2.24) is 24.6 Å². The molecule has 0 bridgehead atoms. The van der Waals surface area contributed by atoms with E-state index < -0.39 is 0 Å². The van der Waals surface area contributed by atoms with Crippen molar-refractivity contribution in [2.45, 2.75) is 33.1 Å². The molecule has 1 aliphatic carbocycles. The molecule has 6 heteroatoms. The van der Waals surface area contributed by atoms with E-state index in [-0.39, 0.29) is 0 Å². The maximum atomic E-state index is 4.85. The predicted octanol–water partition coefficient (Wildman–Crippen LogP) is 3.83. The van der Waals surface area contributed by atoms with Gasteiger partial charge in [-0.3, -0.25) is 4.98 Å². The van der Waals surface area contributed by atoms with E-state index in [2.05, 4.69) is 17.0 Å². The average molecular weight is 335 g/mol. The van der Waals surface area contributed by atoms with Crippen LogP contribution in [0.5, 0.6) is 0 Å². The second kappa shape index (κ2) is 5.08. The van der Waals surface area contributed by atoms with Crippen LogP contribution in [0.1, 0.15) is 29.6 Å². The first kappa shape index (κ1) is 14.0. The van der Waals surface area contributed by atoms with Crippen LogP contribution in [-0.4, -0.2) is 24.6 Å². The molecule has 0 aromatic carbocycles. The molecule has 4 heterocycles. The lowest BCUT2D eigenvalue weighted by Gasteiger charge is -2.17. The molecule has 1 aliphatic rings. The summed E-state index contributed by atoms with van der Waals surface area (Å²) in [5, 5.41) is 5.89. The highest BCUT2D eigenvalue weighted by Gasteiger charge is 2.24. The number of nitrogens with zero attached hydrogens (tertiary/aromatic N) is 5. The number of hydrogen-bond acceptors (Lipinski definition) is 5. The van der Waals surface area contributed by atoms with Crippen molar-refractivity contribution >= 4 is 27.2 Å². The van der Waals surface area contributed by atoms with Gasteiger partial charge < -0.3 is 0 Å². The normalized spacial score (nSPS) is 17.5. The summed E-state index contributed by atoms with van der Waals surface area (Å²) < 4.78 is 1.88. The molecular formula is C18H17N5S. The van der Waals surface area contributed by atoms with Crippen molar-refractivity contribution in [3.8, 4) is 11.4 Å². The number of pyridine rings is 1. The summed E-state index contributed by atoms with van der Waals surface area (Å²) in [5.74, 6) is 2.35. The third-order valence-electron chi connectivity index (χ3n) is 4.81. The second-order valence-corrected chi connectivity index (χ2v) is 7.69. The Kier molecular flexibility index (Phi) is 2.97. The van der Waals surface area contributed by atoms with Gasteiger partial charge in [-0.05, 0) is 49.8 Å². The predicted molar refractivity (Wildman–Crippen MR) is 95.3 cm³/mol. The van der Waals surface area contributed by atoms with Gasteiger partial charge in [0.15, 0.2) is 11.5 Å². The van der Waals surface area contributed by atoms with Crippen LogP contribution < -0.4 is 0 Å². The molecule has 24 heavy (non-hydrogen) atoms. The molecule has 1 atom stereocenters. The lowest BCUT2D eigenvalue weighted by atomic mass is 9.89. The zero-order valence-electron chi connectivity index (χ0n) is 13.7. The van der Waals surface area contributed by atoms with Crippen molar-refractivity contribution in [1.29, 1.82) is 0 Å². The van der Waals surface area contributed by atoms with Gasteiger partial charge in [0.25, 0.3) is 0 Å². The van der Waals surface area contributed by atoms with E-state index in [9.17, 15) is 0 Å². The molecule has 4 aromatic heterocycles. The fourth-order valence-electron chi connectivity index (χ4n) is 3.56. The maximum absolute atomic E-state index is 4.85. The number of aromatic nitrogens is 5. The summed E-state index contributed by atoms with van der Waals surface area (Å²) in [6.45, 7) is 4.33. The largest absolute Gasteiger partial charge is 0.264 e. The summed E-state index contributed by atoms with van der Waals surface area (Å²) >= 11 is 1.83. The van der Waals surface area contributed by atoms with Crippen LogP contribution in [0.15, 0.2) is 24.5 Å². The molecule has 0 radical (unpaired) electrons. The van der Waals surface area contributed by atoms with Gasteiger partial charge in [-0.1, -0.05) is 6.92 Å². The molecule has 0 aliphatic heterocycles. The van der Waals surface area contributed by atoms with Gasteiger partial charge in [-0.25, -0.2) is 9.97 Å². The topological polar surface area (TPSA) is 56.0 Å². The SMILES string of the molecule is Cc1nc2sc3c(c2c2nc(-c4cccnc4)nn12)CC[C@H](C)C3. The molecule has 0 saturated heterocycles. The van der Waals surface area contributed by atoms with E-state index in [1.165, 1.54) is 22.2 Å². The van der Waals surface area contributed by atoms with E-state index in [1.54, 1.807) is 12.4 Å². The Morgan fingerprint density at radius 1 is 1.29 bits per heavy atom. The van der Waals surface area contributed by atoms with E-state index in [0.29, 0.717) is 5.82 Å². The number of hydrogen-bond donors (Lipinski definition) is 0. The fraction of sp³-hybridized carbons (Fsp3) is 0.333. The van der Waals surface area contributed by atoms with Crippen LogP contribution in [0.4, 0.5) is 0 Å². The van der Waals surface area contributed by atoms with Crippen molar-refractivity contribution < 1.29 is 0 Å². The van der Waals surface area contributed by atoms with Crippen molar-refractivity contribution in [3.05, 3.63) is 40.8 Å². The lowest BCUT2D eigenvalue weighted by molar-refractivity contribution is 0.509. The Morgan fingerprint density at radius 2 is 2.21 bits per heavy atom. The summed E-state index contributed by atoms with van der Waals surface area (Å²) in [5.41, 5.74) is 3.31. The Hall–Kier alpha value is -2.34. The van der Waals surface area contributed by atoms with Crippen LogP contribution in [0.2, 0.25) is 0 Å². The molecule has 5 rings (SSSR count). The van der Waals surface area contributed by atoms with Crippen LogP contribution >= 0.6 is 11.3 Å². The molecule has 4 aromatic rings. The van der Waals surface area contributed by atoms with Crippen molar-refractivity contribution in [2.24, 2.45) is 5.92 Å². The van der Waals surface area contributed by atoms with Gasteiger partial charge in [0.2, 0.25) is 0 Å². The number of thiophene rings is 1. The molecule has 120 valence electrons. The van der Waals surface area contributed by atoms with Gasteiger partial charge in [0.05, 0.1) is 5.39 Å². The van der Waals surface area contributed by atoms with Crippen LogP contribution in [0.25, 0.3) is 27.3 Å². The Labute approximate surface area is 143 Å². The standard InChI is InChI=1S/C18H17N5S/c1-10-5-6-13-14(8-10)24-18-15(13)17-21-16(12-4-3-7-19-9-12)22-23(17)11(2)20-18/h3-4,7,9-10H,5-6,8H2,1-2H3/t10-/m0/s1. The van der Waals surface area contributed by atoms with Crippen LogP contribution in [-0.2, 0) is 12.8 Å². The van der Waals surface area contributed by atoms with Gasteiger partial charge >= 0.3 is 0 Å². The summed E-state index contributed by atoms with van der Waals surface area (Å²) in [6.07, 6.45) is 7.08. The summed E-state index contributed by atoms with van der Waals surface area (Å²) in [7, 11) is 0. The zero-order valence-corrected chi connectivity index (χ0v) is 14.5. The highest BCUT2D eigenvalue weighted by atomic mass is 32.1. The third-order valence-corrected chi connectivity index (χ3v) is 5.96. The molecule has 0 unspecified atom stereocenters. The Balaban J connectivity index is 1.82. The third kappa shape index (κ3) is 1.99. The molecule has 0 N–H and O–H groups in total. The minimum absolute atomic E-state index is 0.713. The van der Waals surface area contributed by atoms with Gasteiger partial charge in [0.1, 0.15) is 10.7 Å². The second-order valence-electron chi connectivity index (χ2n) is 6.60. The first-order valence-electron chi connectivity index (χ1n) is 8.28. The molecule has 5 nitrogen and oxygen atoms in total. The van der Waals surface area contributed by atoms with Crippen LogP contribution in [0, 0.1) is 12.8 Å². The quantitative estimate of drug-likeness (QED) is 0.530. The molecule has 0 amide bonds. The molecule has 0 spiro atoms. The van der Waals surface area contributed by atoms with Crippen molar-refractivity contribution in [3.63, 3.8) is 0 Å². The molecule has 0 saturated carbocycles. The first-order valence-corrected chi connectivity index (χ1v) is 9.10. The van der Waals surface area contributed by atoms with Crippen LogP contribution in [0.3, 0.4) is 0 Å². The highest BCUT2D eigenvalue weighted by molar-refractivity contribution is 7.19. The van der Waals surface area contributed by atoms with E-state index in [0.717, 1.165) is 40.6 Å². The minimum atomic E-state index is 0.713. The first-order chi connectivity index (χ1) is 11.7. The maximum Gasteiger partial charge on any atom is 0.183 e. The highest BCUT2D eigenvalue weighted by Crippen LogP contribution is 2.39. The Bertz CT molecular complexity index is 1060. The zero-order chi connectivity index (χ0) is 16.3. The van der Waals surface area contributed by atoms with Gasteiger partial charge in [-0.2, -0.15) is 4.52 Å². The summed E-state index contributed by atoms with van der Waals surface area (Å²) in [4.78, 5) is 16.4. The monoisotopic (exact) mass is 335 g/mol. The Morgan fingerprint density at radius 3 is 3.04 bits per heavy atom. The lowest BCUT2D eigenvalue weighted by Crippen LogP contribution is -2.08. The van der Waals surface area contributed by atoms with Crippen molar-refractivity contribution in [2.75, 3.05) is 0 Å². The molecular weight excluding hydrogens is 318 g/mol. The van der Waals surface area contributed by atoms with E-state index in [4.69, 9.17) is 9.97 Å². The number of rotatable bonds is 1. The molecule has 0 fully saturated rings. The smallest absolute Gasteiger partial charge is 0.183 e. The van der Waals surface area contributed by atoms with E-state index >= 15 is 0 Å². The summed E-state index contributed by atoms with van der Waals surface area (Å²) in [6, 6.07) is 3.90. The number of aryl methyl sites for hydroxylation is 2. The minimum Gasteiger partial charge on any atom is -0.264 e. The van der Waals surface area contributed by atoms with Gasteiger partial charge in [0, 0.05) is 22.8 Å². The number of fused-ring (bicyclic) bond motifs is 5. The van der Waals surface area contributed by atoms with E-state index in [1.807, 2.05) is 34.9 Å². The van der Waals surface area contributed by atoms with Gasteiger partial charge in [-0.15, -0.1) is 16.4 Å². The average Bonchev–Trinajstić information content (AvgIpc) is 3.16. The fourth-order valence-corrected chi connectivity index (χ4v) is 4.98.